The minimum absolute atomic E-state index is 0.383. The molecule has 0 spiro atoms. The Bertz CT molecular complexity index is 927. The van der Waals surface area contributed by atoms with Gasteiger partial charge in [0.25, 0.3) is 0 Å². The van der Waals surface area contributed by atoms with E-state index in [2.05, 4.69) is 22.9 Å². The van der Waals surface area contributed by atoms with Crippen LogP contribution in [-0.2, 0) is 0 Å². The Kier molecular flexibility index (Phi) is 4.44. The van der Waals surface area contributed by atoms with Crippen LogP contribution in [0.5, 0.6) is 5.75 Å². The van der Waals surface area contributed by atoms with Gasteiger partial charge in [-0.05, 0) is 29.1 Å². The maximum atomic E-state index is 9.62. The van der Waals surface area contributed by atoms with Gasteiger partial charge >= 0.3 is 0 Å². The largest absolute Gasteiger partial charge is 0.497 e. The van der Waals surface area contributed by atoms with Crippen molar-refractivity contribution in [1.29, 1.82) is 5.26 Å². The standard InChI is InChI=1S/C20H17N3O/c1-3-11-22-20-16-10-9-15(24-2)12-17(16)19(18(13-21)23-20)14-7-5-4-6-8-14/h3-10,12H,1,11H2,2H3,(H,22,23). The Hall–Kier alpha value is -3.32. The van der Waals surface area contributed by atoms with Crippen LogP contribution in [0.25, 0.3) is 21.9 Å². The molecule has 1 heterocycles. The molecular formula is C20H17N3O. The van der Waals surface area contributed by atoms with Crippen molar-refractivity contribution >= 4 is 16.6 Å². The highest BCUT2D eigenvalue weighted by atomic mass is 16.5. The molecule has 2 aromatic carbocycles. The van der Waals surface area contributed by atoms with Gasteiger partial charge in [-0.3, -0.25) is 0 Å². The number of nitriles is 1. The SMILES string of the molecule is C=CCNc1nc(C#N)c(-c2ccccc2)c2cc(OC)ccc12. The third-order valence-corrected chi connectivity index (χ3v) is 3.79. The molecule has 1 aromatic heterocycles. The molecule has 0 aliphatic rings. The summed E-state index contributed by atoms with van der Waals surface area (Å²) in [5, 5.41) is 14.7. The molecule has 24 heavy (non-hydrogen) atoms. The van der Waals surface area contributed by atoms with Gasteiger partial charge in [0.1, 0.15) is 17.6 Å². The van der Waals surface area contributed by atoms with Crippen LogP contribution in [0.15, 0.2) is 61.2 Å². The number of hydrogen-bond donors (Lipinski definition) is 1. The van der Waals surface area contributed by atoms with E-state index in [0.717, 1.165) is 27.6 Å². The number of nitrogens with zero attached hydrogens (tertiary/aromatic N) is 2. The second-order valence-corrected chi connectivity index (χ2v) is 5.24. The van der Waals surface area contributed by atoms with E-state index >= 15 is 0 Å². The Morgan fingerprint density at radius 1 is 1.21 bits per heavy atom. The summed E-state index contributed by atoms with van der Waals surface area (Å²) >= 11 is 0. The summed E-state index contributed by atoms with van der Waals surface area (Å²) in [4.78, 5) is 4.53. The van der Waals surface area contributed by atoms with Gasteiger partial charge in [0.05, 0.1) is 7.11 Å². The molecule has 118 valence electrons. The Balaban J connectivity index is 2.36. The molecular weight excluding hydrogens is 298 g/mol. The molecule has 0 bridgehead atoms. The number of ether oxygens (including phenoxy) is 1. The third kappa shape index (κ3) is 2.80. The second-order valence-electron chi connectivity index (χ2n) is 5.24. The van der Waals surface area contributed by atoms with Crippen LogP contribution >= 0.6 is 0 Å². The van der Waals surface area contributed by atoms with E-state index in [1.807, 2.05) is 48.5 Å². The lowest BCUT2D eigenvalue weighted by Gasteiger charge is -2.14. The van der Waals surface area contributed by atoms with Crippen LogP contribution in [0.1, 0.15) is 5.69 Å². The van der Waals surface area contributed by atoms with Crippen LogP contribution in [-0.4, -0.2) is 18.6 Å². The molecule has 0 radical (unpaired) electrons. The molecule has 0 atom stereocenters. The molecule has 3 aromatic rings. The number of aromatic nitrogens is 1. The zero-order chi connectivity index (χ0) is 16.9. The maximum Gasteiger partial charge on any atom is 0.151 e. The fourth-order valence-electron chi connectivity index (χ4n) is 2.70. The monoisotopic (exact) mass is 315 g/mol. The average Bonchev–Trinajstić information content (AvgIpc) is 2.65. The van der Waals surface area contributed by atoms with E-state index in [0.29, 0.717) is 18.1 Å². The molecule has 4 nitrogen and oxygen atoms in total. The van der Waals surface area contributed by atoms with E-state index in [9.17, 15) is 5.26 Å². The predicted octanol–water partition coefficient (Wildman–Crippen LogP) is 4.38. The highest BCUT2D eigenvalue weighted by Crippen LogP contribution is 2.36. The molecule has 0 aliphatic carbocycles. The van der Waals surface area contributed by atoms with Gasteiger partial charge < -0.3 is 10.1 Å². The number of methoxy groups -OCH3 is 1. The third-order valence-electron chi connectivity index (χ3n) is 3.79. The summed E-state index contributed by atoms with van der Waals surface area (Å²) in [6, 6.07) is 17.8. The van der Waals surface area contributed by atoms with Crippen LogP contribution in [0.2, 0.25) is 0 Å². The second kappa shape index (κ2) is 6.84. The number of fused-ring (bicyclic) bond motifs is 1. The summed E-state index contributed by atoms with van der Waals surface area (Å²) in [5.41, 5.74) is 2.15. The minimum atomic E-state index is 0.383. The van der Waals surface area contributed by atoms with Gasteiger partial charge in [-0.15, -0.1) is 6.58 Å². The van der Waals surface area contributed by atoms with Gasteiger partial charge in [0.15, 0.2) is 5.69 Å². The smallest absolute Gasteiger partial charge is 0.151 e. The molecule has 0 unspecified atom stereocenters. The summed E-state index contributed by atoms with van der Waals surface area (Å²) in [6.45, 7) is 4.29. The van der Waals surface area contributed by atoms with Crippen molar-refractivity contribution in [2.24, 2.45) is 0 Å². The van der Waals surface area contributed by atoms with E-state index in [1.165, 1.54) is 0 Å². The first kappa shape index (κ1) is 15.6. The van der Waals surface area contributed by atoms with Crippen LogP contribution in [0, 0.1) is 11.3 Å². The fourth-order valence-corrected chi connectivity index (χ4v) is 2.70. The number of hydrogen-bond acceptors (Lipinski definition) is 4. The van der Waals surface area contributed by atoms with Gasteiger partial charge in [-0.25, -0.2) is 4.98 Å². The zero-order valence-corrected chi connectivity index (χ0v) is 13.4. The highest BCUT2D eigenvalue weighted by Gasteiger charge is 2.16. The van der Waals surface area contributed by atoms with Gasteiger partial charge in [0.2, 0.25) is 0 Å². The first-order chi connectivity index (χ1) is 11.8. The Morgan fingerprint density at radius 3 is 2.67 bits per heavy atom. The van der Waals surface area contributed by atoms with Gasteiger partial charge in [-0.1, -0.05) is 36.4 Å². The van der Waals surface area contributed by atoms with E-state index in [1.54, 1.807) is 13.2 Å². The molecule has 0 saturated carbocycles. The number of anilines is 1. The van der Waals surface area contributed by atoms with Crippen molar-refractivity contribution < 1.29 is 4.74 Å². The van der Waals surface area contributed by atoms with E-state index < -0.39 is 0 Å². The predicted molar refractivity (Wildman–Crippen MR) is 97.1 cm³/mol. The lowest BCUT2D eigenvalue weighted by atomic mass is 9.97. The van der Waals surface area contributed by atoms with Crippen molar-refractivity contribution in [3.8, 4) is 22.9 Å². The van der Waals surface area contributed by atoms with E-state index in [-0.39, 0.29) is 0 Å². The molecule has 0 fully saturated rings. The number of rotatable bonds is 5. The highest BCUT2D eigenvalue weighted by molar-refractivity contribution is 6.04. The van der Waals surface area contributed by atoms with Crippen LogP contribution < -0.4 is 10.1 Å². The normalized spacial score (nSPS) is 10.2. The maximum absolute atomic E-state index is 9.62. The lowest BCUT2D eigenvalue weighted by Crippen LogP contribution is -2.04. The quantitative estimate of drug-likeness (QED) is 0.710. The van der Waals surface area contributed by atoms with Crippen molar-refractivity contribution in [2.75, 3.05) is 19.0 Å². The Morgan fingerprint density at radius 2 is 2.00 bits per heavy atom. The number of pyridine rings is 1. The van der Waals surface area contributed by atoms with Crippen LogP contribution in [0.4, 0.5) is 5.82 Å². The minimum Gasteiger partial charge on any atom is -0.497 e. The molecule has 0 saturated heterocycles. The van der Waals surface area contributed by atoms with Gasteiger partial charge in [0, 0.05) is 17.5 Å². The van der Waals surface area contributed by atoms with Crippen molar-refractivity contribution in [2.45, 2.75) is 0 Å². The van der Waals surface area contributed by atoms with E-state index in [4.69, 9.17) is 4.74 Å². The molecule has 1 N–H and O–H groups in total. The van der Waals surface area contributed by atoms with Crippen molar-refractivity contribution in [3.05, 3.63) is 66.9 Å². The molecule has 4 heteroatoms. The summed E-state index contributed by atoms with van der Waals surface area (Å²) in [7, 11) is 1.63. The number of benzene rings is 2. The molecule has 3 rings (SSSR count). The average molecular weight is 315 g/mol. The van der Waals surface area contributed by atoms with Gasteiger partial charge in [-0.2, -0.15) is 5.26 Å². The summed E-state index contributed by atoms with van der Waals surface area (Å²) in [6.07, 6.45) is 1.76. The van der Waals surface area contributed by atoms with Crippen molar-refractivity contribution in [1.82, 2.24) is 4.98 Å². The Labute approximate surface area is 141 Å². The lowest BCUT2D eigenvalue weighted by molar-refractivity contribution is 0.415. The number of nitrogens with one attached hydrogen (secondary N) is 1. The zero-order valence-electron chi connectivity index (χ0n) is 13.4. The topological polar surface area (TPSA) is 57.9 Å². The summed E-state index contributed by atoms with van der Waals surface area (Å²) < 4.78 is 5.37. The summed E-state index contributed by atoms with van der Waals surface area (Å²) in [5.74, 6) is 1.41. The molecule has 0 amide bonds. The fraction of sp³-hybridized carbons (Fsp3) is 0.100. The first-order valence-electron chi connectivity index (χ1n) is 7.60. The first-order valence-corrected chi connectivity index (χ1v) is 7.60. The molecule has 0 aliphatic heterocycles. The van der Waals surface area contributed by atoms with Crippen LogP contribution in [0.3, 0.4) is 0 Å². The van der Waals surface area contributed by atoms with Crippen molar-refractivity contribution in [3.63, 3.8) is 0 Å².